The van der Waals surface area contributed by atoms with Crippen LogP contribution in [0.3, 0.4) is 0 Å². The quantitative estimate of drug-likeness (QED) is 0.487. The minimum absolute atomic E-state index is 0.0605. The molecule has 1 amide bonds. The van der Waals surface area contributed by atoms with Crippen LogP contribution in [0.4, 0.5) is 0 Å². The molecule has 2 nitrogen and oxygen atoms in total. The van der Waals surface area contributed by atoms with Crippen molar-refractivity contribution in [3.8, 4) is 0 Å². The summed E-state index contributed by atoms with van der Waals surface area (Å²) in [6.07, 6.45) is 9.69. The maximum atomic E-state index is 12.7. The van der Waals surface area contributed by atoms with Gasteiger partial charge in [0.1, 0.15) is 4.32 Å². The van der Waals surface area contributed by atoms with Gasteiger partial charge in [-0.15, -0.1) is 0 Å². The van der Waals surface area contributed by atoms with Crippen LogP contribution in [-0.4, -0.2) is 21.2 Å². The van der Waals surface area contributed by atoms with Gasteiger partial charge in [0.05, 0.1) is 4.91 Å². The fourth-order valence-electron chi connectivity index (χ4n) is 3.01. The zero-order chi connectivity index (χ0) is 16.2. The standard InChI is InChI=1S/C18H18BrNOS2/c19-14(11-13-7-3-1-4-8-13)12-16-17(21)20(18(22)23-16)15-9-5-2-6-10-15/h1,3-4,7-8,11-12,15H,2,5-6,9-10H2/b14-11+,16-12+. The van der Waals surface area contributed by atoms with E-state index in [0.29, 0.717) is 15.3 Å². The minimum atomic E-state index is 0.0605. The van der Waals surface area contributed by atoms with Gasteiger partial charge in [0, 0.05) is 10.5 Å². The lowest BCUT2D eigenvalue weighted by Crippen LogP contribution is -2.39. The maximum absolute atomic E-state index is 12.7. The van der Waals surface area contributed by atoms with Crippen LogP contribution in [0.2, 0.25) is 0 Å². The number of carbonyl (C=O) groups is 1. The number of nitrogens with zero attached hydrogens (tertiary/aromatic N) is 1. The lowest BCUT2D eigenvalue weighted by molar-refractivity contribution is -0.124. The van der Waals surface area contributed by atoms with Gasteiger partial charge in [-0.3, -0.25) is 9.69 Å². The number of halogens is 1. The molecule has 1 aliphatic heterocycles. The smallest absolute Gasteiger partial charge is 0.266 e. The Bertz CT molecular complexity index is 663. The zero-order valence-electron chi connectivity index (χ0n) is 12.7. The summed E-state index contributed by atoms with van der Waals surface area (Å²) in [6.45, 7) is 0. The SMILES string of the molecule is O=C1/C(=C\C(Br)=C/c2ccccc2)SC(=S)N1C1CCCCC1. The van der Waals surface area contributed by atoms with Crippen molar-refractivity contribution in [3.63, 3.8) is 0 Å². The summed E-state index contributed by atoms with van der Waals surface area (Å²) < 4.78 is 1.58. The van der Waals surface area contributed by atoms with Crippen molar-refractivity contribution in [3.05, 3.63) is 51.4 Å². The number of allylic oxidation sites excluding steroid dienone is 2. The Kier molecular flexibility index (Phi) is 5.72. The molecule has 23 heavy (non-hydrogen) atoms. The molecule has 1 aromatic rings. The summed E-state index contributed by atoms with van der Waals surface area (Å²) in [5, 5.41) is 0. The summed E-state index contributed by atoms with van der Waals surface area (Å²) in [4.78, 5) is 15.3. The molecule has 1 aliphatic carbocycles. The zero-order valence-corrected chi connectivity index (χ0v) is 15.9. The number of hydrogen-bond donors (Lipinski definition) is 0. The van der Waals surface area contributed by atoms with E-state index in [1.54, 1.807) is 0 Å². The van der Waals surface area contributed by atoms with E-state index in [9.17, 15) is 4.79 Å². The van der Waals surface area contributed by atoms with E-state index in [1.165, 1.54) is 31.0 Å². The molecule has 120 valence electrons. The van der Waals surface area contributed by atoms with E-state index < -0.39 is 0 Å². The van der Waals surface area contributed by atoms with Gasteiger partial charge in [0.25, 0.3) is 5.91 Å². The van der Waals surface area contributed by atoms with E-state index in [4.69, 9.17) is 12.2 Å². The monoisotopic (exact) mass is 407 g/mol. The largest absolute Gasteiger partial charge is 0.290 e. The summed E-state index contributed by atoms with van der Waals surface area (Å²) in [5.41, 5.74) is 1.10. The molecule has 0 N–H and O–H groups in total. The molecule has 0 aromatic heterocycles. The highest BCUT2D eigenvalue weighted by atomic mass is 79.9. The second-order valence-corrected chi connectivity index (χ2v) is 8.37. The minimum Gasteiger partial charge on any atom is -0.290 e. The topological polar surface area (TPSA) is 20.3 Å². The molecule has 0 unspecified atom stereocenters. The Balaban J connectivity index is 1.77. The third-order valence-electron chi connectivity index (χ3n) is 4.14. The van der Waals surface area contributed by atoms with Gasteiger partial charge in [0.15, 0.2) is 0 Å². The van der Waals surface area contributed by atoms with Crippen LogP contribution < -0.4 is 0 Å². The third-order valence-corrected chi connectivity index (χ3v) is 5.92. The number of rotatable bonds is 3. The molecule has 0 bridgehead atoms. The van der Waals surface area contributed by atoms with Gasteiger partial charge >= 0.3 is 0 Å². The van der Waals surface area contributed by atoms with Crippen LogP contribution in [0, 0.1) is 0 Å². The first-order valence-corrected chi connectivity index (χ1v) is 9.86. The van der Waals surface area contributed by atoms with E-state index >= 15 is 0 Å². The van der Waals surface area contributed by atoms with Crippen molar-refractivity contribution in [2.45, 2.75) is 38.1 Å². The summed E-state index contributed by atoms with van der Waals surface area (Å²) in [7, 11) is 0. The number of amides is 1. The molecule has 2 fully saturated rings. The van der Waals surface area contributed by atoms with Gasteiger partial charge in [-0.1, -0.05) is 89.5 Å². The third kappa shape index (κ3) is 4.14. The molecule has 1 heterocycles. The van der Waals surface area contributed by atoms with Gasteiger partial charge in [-0.2, -0.15) is 0 Å². The van der Waals surface area contributed by atoms with Crippen molar-refractivity contribution in [1.29, 1.82) is 0 Å². The van der Waals surface area contributed by atoms with E-state index in [0.717, 1.165) is 22.9 Å². The summed E-state index contributed by atoms with van der Waals surface area (Å²) in [6, 6.07) is 10.3. The number of thioether (sulfide) groups is 1. The Morgan fingerprint density at radius 2 is 1.91 bits per heavy atom. The average molecular weight is 408 g/mol. The van der Waals surface area contributed by atoms with E-state index in [-0.39, 0.29) is 5.91 Å². The first-order chi connectivity index (χ1) is 11.1. The molecule has 5 heteroatoms. The number of benzene rings is 1. The Labute approximate surface area is 155 Å². The van der Waals surface area contributed by atoms with Crippen molar-refractivity contribution in [2.24, 2.45) is 0 Å². The van der Waals surface area contributed by atoms with Gasteiger partial charge in [-0.25, -0.2) is 0 Å². The molecule has 0 spiro atoms. The summed E-state index contributed by atoms with van der Waals surface area (Å²) >= 11 is 10.4. The second-order valence-electron chi connectivity index (χ2n) is 5.78. The molecule has 1 saturated heterocycles. The first-order valence-electron chi connectivity index (χ1n) is 7.84. The molecule has 3 rings (SSSR count). The predicted molar refractivity (Wildman–Crippen MR) is 105 cm³/mol. The molecule has 1 aromatic carbocycles. The Hall–Kier alpha value is -0.910. The Morgan fingerprint density at radius 3 is 2.61 bits per heavy atom. The second kappa shape index (κ2) is 7.77. The predicted octanol–water partition coefficient (Wildman–Crippen LogP) is 5.50. The highest BCUT2D eigenvalue weighted by molar-refractivity contribution is 9.12. The van der Waals surface area contributed by atoms with Crippen LogP contribution in [-0.2, 0) is 4.79 Å². The normalized spacial score (nSPS) is 22.2. The van der Waals surface area contributed by atoms with Crippen molar-refractivity contribution in [1.82, 2.24) is 4.90 Å². The van der Waals surface area contributed by atoms with Gasteiger partial charge in [-0.05, 0) is 30.6 Å². The number of carbonyl (C=O) groups excluding carboxylic acids is 1. The van der Waals surface area contributed by atoms with Crippen molar-refractivity contribution < 1.29 is 4.79 Å². The fourth-order valence-corrected chi connectivity index (χ4v) is 5.05. The number of hydrogen-bond acceptors (Lipinski definition) is 3. The summed E-state index contributed by atoms with van der Waals surface area (Å²) in [5.74, 6) is 0.0605. The lowest BCUT2D eigenvalue weighted by Gasteiger charge is -2.29. The molecular weight excluding hydrogens is 390 g/mol. The maximum Gasteiger partial charge on any atom is 0.266 e. The fraction of sp³-hybridized carbons (Fsp3) is 0.333. The molecule has 0 atom stereocenters. The average Bonchev–Trinajstić information content (AvgIpc) is 2.83. The van der Waals surface area contributed by atoms with Gasteiger partial charge < -0.3 is 0 Å². The highest BCUT2D eigenvalue weighted by Crippen LogP contribution is 2.37. The molecular formula is C18H18BrNOS2. The van der Waals surface area contributed by atoms with Crippen LogP contribution in [0.25, 0.3) is 6.08 Å². The van der Waals surface area contributed by atoms with Crippen LogP contribution in [0.1, 0.15) is 37.7 Å². The van der Waals surface area contributed by atoms with Crippen LogP contribution in [0.5, 0.6) is 0 Å². The molecule has 1 saturated carbocycles. The van der Waals surface area contributed by atoms with Crippen LogP contribution in [0.15, 0.2) is 45.8 Å². The Morgan fingerprint density at radius 1 is 1.22 bits per heavy atom. The highest BCUT2D eigenvalue weighted by Gasteiger charge is 2.37. The van der Waals surface area contributed by atoms with E-state index in [2.05, 4.69) is 15.9 Å². The van der Waals surface area contributed by atoms with E-state index in [1.807, 2.05) is 47.4 Å². The molecule has 0 radical (unpaired) electrons. The number of thiocarbonyl (C=S) groups is 1. The van der Waals surface area contributed by atoms with Crippen molar-refractivity contribution >= 4 is 56.2 Å². The lowest BCUT2D eigenvalue weighted by atomic mass is 9.94. The van der Waals surface area contributed by atoms with Crippen LogP contribution >= 0.6 is 39.9 Å². The first kappa shape index (κ1) is 16.9. The van der Waals surface area contributed by atoms with Crippen molar-refractivity contribution in [2.75, 3.05) is 0 Å². The van der Waals surface area contributed by atoms with Gasteiger partial charge in [0.2, 0.25) is 0 Å². The molecule has 2 aliphatic rings.